The molecule has 1 aliphatic heterocycles. The number of halogens is 1. The van der Waals surface area contributed by atoms with Crippen LogP contribution in [0.5, 0.6) is 5.75 Å². The Bertz CT molecular complexity index is 1310. The molecule has 4 rings (SSSR count). The third-order valence-corrected chi connectivity index (χ3v) is 6.13. The Balaban J connectivity index is 1.53. The molecule has 0 aliphatic carbocycles. The molecule has 0 radical (unpaired) electrons. The SMILES string of the molecule is Cc1ccc(C2=N/C(=C\c3ccc(OS(=O)(=O)c4ccccc4)cc3)C(=O)O2)cc1Cl. The topological polar surface area (TPSA) is 82.0 Å². The first-order chi connectivity index (χ1) is 14.8. The van der Waals surface area contributed by atoms with Gasteiger partial charge in [0.15, 0.2) is 5.70 Å². The van der Waals surface area contributed by atoms with Crippen molar-refractivity contribution in [1.29, 1.82) is 0 Å². The fraction of sp³-hybridized carbons (Fsp3) is 0.0435. The van der Waals surface area contributed by atoms with Crippen LogP contribution in [0.15, 0.2) is 88.4 Å². The van der Waals surface area contributed by atoms with Gasteiger partial charge in [-0.2, -0.15) is 8.42 Å². The van der Waals surface area contributed by atoms with E-state index in [-0.39, 0.29) is 22.2 Å². The van der Waals surface area contributed by atoms with E-state index < -0.39 is 16.1 Å². The first-order valence-electron chi connectivity index (χ1n) is 9.20. The van der Waals surface area contributed by atoms with Gasteiger partial charge < -0.3 is 8.92 Å². The molecule has 0 N–H and O–H groups in total. The Kier molecular flexibility index (Phi) is 5.63. The first kappa shape index (κ1) is 20.8. The van der Waals surface area contributed by atoms with Crippen LogP contribution in [-0.2, 0) is 19.6 Å². The standard InChI is InChI=1S/C23H16ClNO5S/c1-15-7-10-17(14-20(15)24)22-25-21(23(26)29-22)13-16-8-11-18(12-9-16)30-31(27,28)19-5-3-2-4-6-19/h2-14H,1H3/b21-13-. The highest BCUT2D eigenvalue weighted by atomic mass is 35.5. The van der Waals surface area contributed by atoms with Gasteiger partial charge >= 0.3 is 16.1 Å². The van der Waals surface area contributed by atoms with Gasteiger partial charge in [-0.05, 0) is 60.5 Å². The molecule has 0 amide bonds. The molecular weight excluding hydrogens is 438 g/mol. The molecule has 1 aliphatic rings. The van der Waals surface area contributed by atoms with E-state index in [0.29, 0.717) is 16.1 Å². The number of benzene rings is 3. The normalized spacial score (nSPS) is 15.0. The molecule has 31 heavy (non-hydrogen) atoms. The molecule has 0 spiro atoms. The molecule has 8 heteroatoms. The number of cyclic esters (lactones) is 1. The Hall–Kier alpha value is -3.42. The average molecular weight is 454 g/mol. The Morgan fingerprint density at radius 1 is 1.00 bits per heavy atom. The zero-order valence-corrected chi connectivity index (χ0v) is 17.9. The molecule has 3 aromatic carbocycles. The number of rotatable bonds is 5. The molecule has 3 aromatic rings. The van der Waals surface area contributed by atoms with Gasteiger partial charge in [-0.25, -0.2) is 9.79 Å². The predicted octanol–water partition coefficient (Wildman–Crippen LogP) is 4.76. The number of esters is 1. The number of ether oxygens (including phenoxy) is 1. The lowest BCUT2D eigenvalue weighted by atomic mass is 10.1. The molecule has 6 nitrogen and oxygen atoms in total. The second-order valence-corrected chi connectivity index (χ2v) is 8.67. The van der Waals surface area contributed by atoms with Crippen molar-refractivity contribution in [3.63, 3.8) is 0 Å². The maximum Gasteiger partial charge on any atom is 0.363 e. The summed E-state index contributed by atoms with van der Waals surface area (Å²) < 4.78 is 35.0. The zero-order chi connectivity index (χ0) is 22.0. The highest BCUT2D eigenvalue weighted by Gasteiger charge is 2.24. The van der Waals surface area contributed by atoms with E-state index in [1.165, 1.54) is 24.3 Å². The van der Waals surface area contributed by atoms with Crippen molar-refractivity contribution in [2.24, 2.45) is 4.99 Å². The van der Waals surface area contributed by atoms with Gasteiger partial charge in [0.2, 0.25) is 5.90 Å². The van der Waals surface area contributed by atoms with Crippen molar-refractivity contribution in [1.82, 2.24) is 0 Å². The van der Waals surface area contributed by atoms with E-state index in [1.54, 1.807) is 48.5 Å². The second-order valence-electron chi connectivity index (χ2n) is 6.72. The summed E-state index contributed by atoms with van der Waals surface area (Å²) in [7, 11) is -3.92. The van der Waals surface area contributed by atoms with Crippen molar-refractivity contribution < 1.29 is 22.1 Å². The van der Waals surface area contributed by atoms with Gasteiger partial charge in [-0.15, -0.1) is 0 Å². The maximum absolute atomic E-state index is 12.3. The highest BCUT2D eigenvalue weighted by Crippen LogP contribution is 2.24. The number of aliphatic imine (C=N–C) groups is 1. The maximum atomic E-state index is 12.3. The van der Waals surface area contributed by atoms with Crippen molar-refractivity contribution in [3.8, 4) is 5.75 Å². The van der Waals surface area contributed by atoms with Crippen LogP contribution in [0.25, 0.3) is 6.08 Å². The second kappa shape index (κ2) is 8.37. The first-order valence-corrected chi connectivity index (χ1v) is 11.0. The van der Waals surface area contributed by atoms with E-state index in [9.17, 15) is 13.2 Å². The summed E-state index contributed by atoms with van der Waals surface area (Å²) in [5, 5.41) is 0.551. The number of hydrogen-bond acceptors (Lipinski definition) is 6. The van der Waals surface area contributed by atoms with Gasteiger partial charge in [0.05, 0.1) is 0 Å². The summed E-state index contributed by atoms with van der Waals surface area (Å²) in [5.41, 5.74) is 2.26. The molecule has 0 bridgehead atoms. The molecule has 0 saturated heterocycles. The van der Waals surface area contributed by atoms with Crippen molar-refractivity contribution in [2.75, 3.05) is 0 Å². The minimum absolute atomic E-state index is 0.0629. The number of nitrogens with zero attached hydrogens (tertiary/aromatic N) is 1. The monoisotopic (exact) mass is 453 g/mol. The summed E-state index contributed by atoms with van der Waals surface area (Å²) >= 11 is 6.13. The smallest absolute Gasteiger partial charge is 0.363 e. The molecule has 0 fully saturated rings. The summed E-state index contributed by atoms with van der Waals surface area (Å²) in [5.74, 6) is -0.260. The van der Waals surface area contributed by atoms with Gasteiger partial charge in [-0.1, -0.05) is 48.0 Å². The summed E-state index contributed by atoms with van der Waals surface area (Å²) in [4.78, 5) is 16.5. The van der Waals surface area contributed by atoms with E-state index in [1.807, 2.05) is 13.0 Å². The van der Waals surface area contributed by atoms with Crippen molar-refractivity contribution in [3.05, 3.63) is 100 Å². The third kappa shape index (κ3) is 4.68. The van der Waals surface area contributed by atoms with Gasteiger partial charge in [-0.3, -0.25) is 0 Å². The third-order valence-electron chi connectivity index (χ3n) is 4.46. The molecule has 156 valence electrons. The molecule has 0 unspecified atom stereocenters. The lowest BCUT2D eigenvalue weighted by Crippen LogP contribution is -2.09. The van der Waals surface area contributed by atoms with Gasteiger partial charge in [0.25, 0.3) is 0 Å². The van der Waals surface area contributed by atoms with Gasteiger partial charge in [0, 0.05) is 10.6 Å². The van der Waals surface area contributed by atoms with Crippen LogP contribution < -0.4 is 4.18 Å². The lowest BCUT2D eigenvalue weighted by Gasteiger charge is -2.07. The van der Waals surface area contributed by atoms with Crippen LogP contribution >= 0.6 is 11.6 Å². The zero-order valence-electron chi connectivity index (χ0n) is 16.3. The van der Waals surface area contributed by atoms with Gasteiger partial charge in [0.1, 0.15) is 10.6 Å². The Morgan fingerprint density at radius 2 is 1.71 bits per heavy atom. The predicted molar refractivity (Wildman–Crippen MR) is 117 cm³/mol. The largest absolute Gasteiger partial charge is 0.402 e. The van der Waals surface area contributed by atoms with Crippen LogP contribution in [0.3, 0.4) is 0 Å². The fourth-order valence-corrected chi connectivity index (χ4v) is 3.93. The van der Waals surface area contributed by atoms with Crippen LogP contribution in [0, 0.1) is 6.92 Å². The van der Waals surface area contributed by atoms with E-state index in [2.05, 4.69) is 4.99 Å². The van der Waals surface area contributed by atoms with E-state index in [4.69, 9.17) is 20.5 Å². The van der Waals surface area contributed by atoms with E-state index >= 15 is 0 Å². The lowest BCUT2D eigenvalue weighted by molar-refractivity contribution is -0.129. The fourth-order valence-electron chi connectivity index (χ4n) is 2.80. The van der Waals surface area contributed by atoms with Crippen LogP contribution in [0.4, 0.5) is 0 Å². The summed E-state index contributed by atoms with van der Waals surface area (Å²) in [6, 6.07) is 19.4. The Labute approximate surface area is 184 Å². The number of aryl methyl sites for hydroxylation is 1. The molecule has 1 heterocycles. The Morgan fingerprint density at radius 3 is 2.39 bits per heavy atom. The van der Waals surface area contributed by atoms with Crippen LogP contribution in [0.1, 0.15) is 16.7 Å². The minimum Gasteiger partial charge on any atom is -0.402 e. The quantitative estimate of drug-likeness (QED) is 0.316. The van der Waals surface area contributed by atoms with Crippen molar-refractivity contribution >= 4 is 39.7 Å². The molecule has 0 aromatic heterocycles. The number of hydrogen-bond donors (Lipinski definition) is 0. The number of carbonyl (C=O) groups is 1. The highest BCUT2D eigenvalue weighted by molar-refractivity contribution is 7.87. The molecular formula is C23H16ClNO5S. The van der Waals surface area contributed by atoms with E-state index in [0.717, 1.165) is 5.56 Å². The van der Waals surface area contributed by atoms with Crippen molar-refractivity contribution in [2.45, 2.75) is 11.8 Å². The summed E-state index contributed by atoms with van der Waals surface area (Å²) in [6.45, 7) is 1.87. The van der Waals surface area contributed by atoms with Crippen LogP contribution in [-0.4, -0.2) is 20.3 Å². The summed E-state index contributed by atoms with van der Waals surface area (Å²) in [6.07, 6.45) is 1.54. The van der Waals surface area contributed by atoms with Crippen LogP contribution in [0.2, 0.25) is 5.02 Å². The minimum atomic E-state index is -3.92. The number of carbonyl (C=O) groups excluding carboxylic acids is 1. The molecule has 0 atom stereocenters. The molecule has 0 saturated carbocycles. The average Bonchev–Trinajstić information content (AvgIpc) is 3.12.